The number of nitriles is 1. The molecular formula is C19H28N4O2S2. The summed E-state index contributed by atoms with van der Waals surface area (Å²) in [6.07, 6.45) is 2.18. The lowest BCUT2D eigenvalue weighted by Crippen LogP contribution is -2.28. The van der Waals surface area contributed by atoms with Crippen molar-refractivity contribution in [2.45, 2.75) is 53.2 Å². The van der Waals surface area contributed by atoms with E-state index in [1.807, 2.05) is 37.2 Å². The lowest BCUT2D eigenvalue weighted by Gasteiger charge is -2.21. The molecule has 1 aromatic rings. The molecule has 0 saturated carbocycles. The second-order valence-corrected chi connectivity index (χ2v) is 8.18. The van der Waals surface area contributed by atoms with Gasteiger partial charge in [0.1, 0.15) is 16.2 Å². The third-order valence-electron chi connectivity index (χ3n) is 4.96. The maximum absolute atomic E-state index is 12.5. The normalized spacial score (nSPS) is 16.2. The van der Waals surface area contributed by atoms with Crippen molar-refractivity contribution in [3.05, 3.63) is 16.8 Å². The lowest BCUT2D eigenvalue weighted by molar-refractivity contribution is -0.113. The number of ether oxygens (including phenoxy) is 1. The molecule has 0 unspecified atom stereocenters. The molecule has 0 spiro atoms. The largest absolute Gasteiger partial charge is 0.376 e. The molecule has 0 aliphatic carbocycles. The highest BCUT2D eigenvalue weighted by Gasteiger charge is 2.24. The van der Waals surface area contributed by atoms with Crippen LogP contribution in [-0.4, -0.2) is 51.2 Å². The lowest BCUT2D eigenvalue weighted by atomic mass is 10.2. The molecule has 148 valence electrons. The van der Waals surface area contributed by atoms with Crippen LogP contribution in [0.2, 0.25) is 0 Å². The van der Waals surface area contributed by atoms with Crippen molar-refractivity contribution in [3.63, 3.8) is 0 Å². The highest BCUT2D eigenvalue weighted by atomic mass is 32.2. The standard InChI is InChI=1S/C19H28N4O2S2/c1-5-22(6-2)19(26)27-12-17(24)21-18-16(10-20)13(3)14(4)23(18)11-15-8-7-9-25-15/h15H,5-9,11-12H2,1-4H3,(H,21,24)/t15-/m0/s1. The number of thioether (sulfide) groups is 1. The minimum atomic E-state index is -0.155. The Morgan fingerprint density at radius 2 is 2.15 bits per heavy atom. The summed E-state index contributed by atoms with van der Waals surface area (Å²) in [6, 6.07) is 2.24. The van der Waals surface area contributed by atoms with Gasteiger partial charge in [-0.2, -0.15) is 5.26 Å². The van der Waals surface area contributed by atoms with Crippen LogP contribution in [-0.2, 0) is 16.1 Å². The molecule has 1 N–H and O–H groups in total. The summed E-state index contributed by atoms with van der Waals surface area (Å²) in [4.78, 5) is 14.6. The SMILES string of the molecule is CCN(CC)C(=S)SCC(=O)Nc1c(C#N)c(C)c(C)n1C[C@@H]1CCCO1. The Kier molecular flexibility index (Phi) is 8.14. The van der Waals surface area contributed by atoms with Gasteiger partial charge in [0.15, 0.2) is 0 Å². The van der Waals surface area contributed by atoms with Crippen molar-refractivity contribution < 1.29 is 9.53 Å². The Bertz CT molecular complexity index is 729. The van der Waals surface area contributed by atoms with Crippen LogP contribution in [0.4, 0.5) is 5.82 Å². The molecule has 0 bridgehead atoms. The molecule has 6 nitrogen and oxygen atoms in total. The predicted molar refractivity (Wildman–Crippen MR) is 114 cm³/mol. The number of nitrogens with one attached hydrogen (secondary N) is 1. The van der Waals surface area contributed by atoms with E-state index in [2.05, 4.69) is 11.4 Å². The van der Waals surface area contributed by atoms with E-state index < -0.39 is 0 Å². The van der Waals surface area contributed by atoms with Crippen LogP contribution >= 0.6 is 24.0 Å². The van der Waals surface area contributed by atoms with Gasteiger partial charge < -0.3 is 19.5 Å². The summed E-state index contributed by atoms with van der Waals surface area (Å²) in [5.41, 5.74) is 2.41. The number of nitrogens with zero attached hydrogens (tertiary/aromatic N) is 3. The van der Waals surface area contributed by atoms with Gasteiger partial charge in [0.25, 0.3) is 0 Å². The van der Waals surface area contributed by atoms with Gasteiger partial charge in [-0.3, -0.25) is 4.79 Å². The highest BCUT2D eigenvalue weighted by molar-refractivity contribution is 8.23. The van der Waals surface area contributed by atoms with Gasteiger partial charge in [0.2, 0.25) is 5.91 Å². The molecule has 1 fully saturated rings. The Hall–Kier alpha value is -1.56. The average Bonchev–Trinajstić information content (AvgIpc) is 3.24. The Morgan fingerprint density at radius 3 is 2.70 bits per heavy atom. The maximum atomic E-state index is 12.5. The van der Waals surface area contributed by atoms with Crippen LogP contribution < -0.4 is 5.32 Å². The fraction of sp³-hybridized carbons (Fsp3) is 0.632. The molecular weight excluding hydrogens is 380 g/mol. The first-order valence-electron chi connectivity index (χ1n) is 9.35. The molecule has 2 rings (SSSR count). The molecule has 0 radical (unpaired) electrons. The molecule has 1 aromatic heterocycles. The van der Waals surface area contributed by atoms with Gasteiger partial charge in [-0.1, -0.05) is 24.0 Å². The maximum Gasteiger partial charge on any atom is 0.235 e. The number of amides is 1. The van der Waals surface area contributed by atoms with Gasteiger partial charge in [-0.15, -0.1) is 0 Å². The summed E-state index contributed by atoms with van der Waals surface area (Å²) in [5, 5.41) is 12.5. The number of hydrogen-bond donors (Lipinski definition) is 1. The number of anilines is 1. The van der Waals surface area contributed by atoms with E-state index >= 15 is 0 Å². The Labute approximate surface area is 171 Å². The number of carbonyl (C=O) groups is 1. The highest BCUT2D eigenvalue weighted by Crippen LogP contribution is 2.28. The average molecular weight is 409 g/mol. The van der Waals surface area contributed by atoms with E-state index in [4.69, 9.17) is 17.0 Å². The first-order chi connectivity index (χ1) is 12.9. The predicted octanol–water partition coefficient (Wildman–Crippen LogP) is 3.45. The van der Waals surface area contributed by atoms with E-state index in [9.17, 15) is 10.1 Å². The molecule has 1 atom stereocenters. The van der Waals surface area contributed by atoms with Gasteiger partial charge >= 0.3 is 0 Å². The molecule has 1 aliphatic heterocycles. The van der Waals surface area contributed by atoms with Crippen molar-refractivity contribution in [1.29, 1.82) is 5.26 Å². The van der Waals surface area contributed by atoms with Crippen molar-refractivity contribution in [2.75, 3.05) is 30.8 Å². The molecule has 1 amide bonds. The first kappa shape index (κ1) is 21.7. The monoisotopic (exact) mass is 408 g/mol. The van der Waals surface area contributed by atoms with Gasteiger partial charge in [-0.25, -0.2) is 0 Å². The summed E-state index contributed by atoms with van der Waals surface area (Å²) in [6.45, 7) is 11.0. The zero-order chi connectivity index (χ0) is 20.0. The number of hydrogen-bond acceptors (Lipinski definition) is 5. The number of thiocarbonyl (C=S) groups is 1. The molecule has 1 saturated heterocycles. The fourth-order valence-electron chi connectivity index (χ4n) is 3.22. The zero-order valence-electron chi connectivity index (χ0n) is 16.5. The van der Waals surface area contributed by atoms with Gasteiger partial charge in [0.05, 0.1) is 24.0 Å². The van der Waals surface area contributed by atoms with E-state index in [1.165, 1.54) is 11.8 Å². The van der Waals surface area contributed by atoms with Crippen LogP contribution in [0.3, 0.4) is 0 Å². The summed E-state index contributed by atoms with van der Waals surface area (Å²) in [7, 11) is 0. The van der Waals surface area contributed by atoms with Crippen LogP contribution in [0, 0.1) is 25.2 Å². The van der Waals surface area contributed by atoms with Gasteiger partial charge in [0, 0.05) is 25.4 Å². The molecule has 2 heterocycles. The quantitative estimate of drug-likeness (QED) is 0.697. The van der Waals surface area contributed by atoms with Crippen molar-refractivity contribution >= 4 is 40.0 Å². The van der Waals surface area contributed by atoms with Crippen LogP contribution in [0.15, 0.2) is 0 Å². The molecule has 1 aliphatic rings. The van der Waals surface area contributed by atoms with E-state index in [1.54, 1.807) is 0 Å². The van der Waals surface area contributed by atoms with Crippen LogP contribution in [0.5, 0.6) is 0 Å². The topological polar surface area (TPSA) is 70.3 Å². The van der Waals surface area contributed by atoms with Crippen molar-refractivity contribution in [3.8, 4) is 6.07 Å². The number of aromatic nitrogens is 1. The van der Waals surface area contributed by atoms with Crippen LogP contribution in [0.25, 0.3) is 0 Å². The van der Waals surface area contributed by atoms with Crippen molar-refractivity contribution in [2.24, 2.45) is 0 Å². The first-order valence-corrected chi connectivity index (χ1v) is 10.7. The molecule has 8 heteroatoms. The smallest absolute Gasteiger partial charge is 0.235 e. The zero-order valence-corrected chi connectivity index (χ0v) is 18.1. The van der Waals surface area contributed by atoms with E-state index in [-0.39, 0.29) is 17.8 Å². The minimum absolute atomic E-state index is 0.127. The van der Waals surface area contributed by atoms with Crippen LogP contribution in [0.1, 0.15) is 43.5 Å². The van der Waals surface area contributed by atoms with Gasteiger partial charge in [-0.05, 0) is 46.1 Å². The van der Waals surface area contributed by atoms with E-state index in [0.29, 0.717) is 17.9 Å². The molecule has 0 aromatic carbocycles. The second-order valence-electron chi connectivity index (χ2n) is 6.57. The fourth-order valence-corrected chi connectivity index (χ4v) is 4.42. The second kappa shape index (κ2) is 10.1. The Morgan fingerprint density at radius 1 is 1.44 bits per heavy atom. The molecule has 27 heavy (non-hydrogen) atoms. The van der Waals surface area contributed by atoms with Crippen molar-refractivity contribution in [1.82, 2.24) is 9.47 Å². The Balaban J connectivity index is 2.11. The third kappa shape index (κ3) is 5.24. The third-order valence-corrected chi connectivity index (χ3v) is 6.48. The summed E-state index contributed by atoms with van der Waals surface area (Å²) < 4.78 is 8.47. The summed E-state index contributed by atoms with van der Waals surface area (Å²) in [5.74, 6) is 0.642. The number of carbonyl (C=O) groups excluding carboxylic acids is 1. The summed E-state index contributed by atoms with van der Waals surface area (Å²) >= 11 is 6.74. The minimum Gasteiger partial charge on any atom is -0.376 e. The number of rotatable bonds is 7. The van der Waals surface area contributed by atoms with E-state index in [0.717, 1.165) is 48.1 Å².